The number of ether oxygens (including phenoxy) is 2. The first-order valence-electron chi connectivity index (χ1n) is 5.97. The van der Waals surface area contributed by atoms with Crippen molar-refractivity contribution >= 4 is 17.7 Å². The van der Waals surface area contributed by atoms with Crippen LogP contribution in [0.25, 0.3) is 0 Å². The van der Waals surface area contributed by atoms with E-state index in [2.05, 4.69) is 6.58 Å². The topological polar surface area (TPSA) is 55.8 Å². The van der Waals surface area contributed by atoms with Crippen molar-refractivity contribution in [2.75, 3.05) is 24.7 Å². The van der Waals surface area contributed by atoms with Gasteiger partial charge in [0.1, 0.15) is 6.61 Å². The lowest BCUT2D eigenvalue weighted by Gasteiger charge is -2.21. The fraction of sp³-hybridized carbons (Fsp3) is 0.286. The zero-order valence-corrected chi connectivity index (χ0v) is 10.9. The fourth-order valence-corrected chi connectivity index (χ4v) is 1.43. The second-order valence-corrected chi connectivity index (χ2v) is 3.56. The van der Waals surface area contributed by atoms with E-state index in [1.54, 1.807) is 19.1 Å². The van der Waals surface area contributed by atoms with Gasteiger partial charge < -0.3 is 9.47 Å². The Hall–Kier alpha value is -2.30. The second-order valence-electron chi connectivity index (χ2n) is 3.56. The minimum absolute atomic E-state index is 0.0819. The van der Waals surface area contributed by atoms with E-state index in [0.717, 1.165) is 6.08 Å². The van der Waals surface area contributed by atoms with Gasteiger partial charge in [-0.05, 0) is 19.1 Å². The van der Waals surface area contributed by atoms with Gasteiger partial charge >= 0.3 is 12.1 Å². The molecule has 0 saturated heterocycles. The lowest BCUT2D eigenvalue weighted by molar-refractivity contribution is -0.137. The molecule has 0 N–H and O–H groups in total. The lowest BCUT2D eigenvalue weighted by Crippen LogP contribution is -2.34. The van der Waals surface area contributed by atoms with Crippen LogP contribution in [-0.2, 0) is 14.3 Å². The van der Waals surface area contributed by atoms with E-state index in [0.29, 0.717) is 5.69 Å². The number of esters is 1. The quantitative estimate of drug-likeness (QED) is 0.584. The highest BCUT2D eigenvalue weighted by atomic mass is 16.6. The van der Waals surface area contributed by atoms with Gasteiger partial charge in [-0.2, -0.15) is 0 Å². The monoisotopic (exact) mass is 263 g/mol. The second kappa shape index (κ2) is 7.92. The highest BCUT2D eigenvalue weighted by molar-refractivity contribution is 5.87. The van der Waals surface area contributed by atoms with Crippen LogP contribution in [0.4, 0.5) is 10.5 Å². The molecule has 19 heavy (non-hydrogen) atoms. The summed E-state index contributed by atoms with van der Waals surface area (Å²) in [6, 6.07) is 9.05. The Morgan fingerprint density at radius 1 is 1.26 bits per heavy atom. The van der Waals surface area contributed by atoms with Gasteiger partial charge in [-0.3, -0.25) is 4.90 Å². The maximum atomic E-state index is 11.8. The smallest absolute Gasteiger partial charge is 0.414 e. The third-order valence-electron chi connectivity index (χ3n) is 2.28. The Labute approximate surface area is 112 Å². The van der Waals surface area contributed by atoms with E-state index in [1.165, 1.54) is 4.90 Å². The third-order valence-corrected chi connectivity index (χ3v) is 2.28. The molecule has 0 bridgehead atoms. The normalized spacial score (nSPS) is 9.53. The minimum atomic E-state index is -0.517. The standard InChI is InChI=1S/C14H17NO4/c1-3-13(16)19-11-10-15(14(17)18-4-2)12-8-6-5-7-9-12/h3,5-9H,1,4,10-11H2,2H3. The number of hydrogen-bond acceptors (Lipinski definition) is 4. The van der Waals surface area contributed by atoms with Crippen LogP contribution in [-0.4, -0.2) is 31.8 Å². The van der Waals surface area contributed by atoms with Gasteiger partial charge in [-0.15, -0.1) is 0 Å². The molecule has 1 rings (SSSR count). The average molecular weight is 263 g/mol. The van der Waals surface area contributed by atoms with E-state index in [9.17, 15) is 9.59 Å². The summed E-state index contributed by atoms with van der Waals surface area (Å²) in [4.78, 5) is 24.2. The van der Waals surface area contributed by atoms with Gasteiger partial charge in [0.2, 0.25) is 0 Å². The summed E-state index contributed by atoms with van der Waals surface area (Å²) in [5.41, 5.74) is 0.690. The molecule has 0 heterocycles. The van der Waals surface area contributed by atoms with Crippen molar-refractivity contribution < 1.29 is 19.1 Å². The molecule has 0 unspecified atom stereocenters. The summed E-state index contributed by atoms with van der Waals surface area (Å²) < 4.78 is 9.83. The predicted molar refractivity (Wildman–Crippen MR) is 72.0 cm³/mol. The number of carbonyl (C=O) groups is 2. The summed E-state index contributed by atoms with van der Waals surface area (Å²) in [7, 11) is 0. The Kier molecular flexibility index (Phi) is 6.15. The highest BCUT2D eigenvalue weighted by Crippen LogP contribution is 2.14. The highest BCUT2D eigenvalue weighted by Gasteiger charge is 2.16. The zero-order chi connectivity index (χ0) is 14.1. The van der Waals surface area contributed by atoms with Crippen molar-refractivity contribution in [1.82, 2.24) is 0 Å². The Morgan fingerprint density at radius 3 is 2.53 bits per heavy atom. The molecule has 1 aromatic rings. The molecule has 0 saturated carbocycles. The van der Waals surface area contributed by atoms with Crippen molar-refractivity contribution in [3.05, 3.63) is 43.0 Å². The summed E-state index contributed by atoms with van der Waals surface area (Å²) >= 11 is 0. The average Bonchev–Trinajstić information content (AvgIpc) is 2.44. The van der Waals surface area contributed by atoms with E-state index < -0.39 is 12.1 Å². The number of carbonyl (C=O) groups excluding carboxylic acids is 2. The van der Waals surface area contributed by atoms with Crippen molar-refractivity contribution in [2.45, 2.75) is 6.92 Å². The molecule has 5 heteroatoms. The molecular formula is C14H17NO4. The van der Waals surface area contributed by atoms with Crippen LogP contribution < -0.4 is 4.90 Å². The van der Waals surface area contributed by atoms with Crippen molar-refractivity contribution in [2.24, 2.45) is 0 Å². The third kappa shape index (κ3) is 4.83. The Bertz CT molecular complexity index is 430. The number of amides is 1. The summed E-state index contributed by atoms with van der Waals surface area (Å²) in [5.74, 6) is -0.517. The summed E-state index contributed by atoms with van der Waals surface area (Å²) in [6.07, 6.45) is 0.611. The number of rotatable bonds is 6. The summed E-state index contributed by atoms with van der Waals surface area (Å²) in [6.45, 7) is 5.63. The molecule has 0 radical (unpaired) electrons. The molecule has 1 amide bonds. The molecule has 5 nitrogen and oxygen atoms in total. The Morgan fingerprint density at radius 2 is 1.95 bits per heavy atom. The first-order valence-corrected chi connectivity index (χ1v) is 5.97. The SMILES string of the molecule is C=CC(=O)OCCN(C(=O)OCC)c1ccccc1. The van der Waals surface area contributed by atoms with E-state index in [4.69, 9.17) is 9.47 Å². The van der Waals surface area contributed by atoms with Crippen LogP contribution in [0, 0.1) is 0 Å². The molecule has 0 aliphatic heterocycles. The van der Waals surface area contributed by atoms with Gasteiger partial charge in [0.05, 0.1) is 13.2 Å². The van der Waals surface area contributed by atoms with Gasteiger partial charge in [-0.25, -0.2) is 9.59 Å². The molecule has 0 aromatic heterocycles. The number of benzene rings is 1. The molecule has 0 aliphatic rings. The van der Waals surface area contributed by atoms with Gasteiger partial charge in [0, 0.05) is 11.8 Å². The van der Waals surface area contributed by atoms with Crippen LogP contribution in [0.5, 0.6) is 0 Å². The molecule has 0 spiro atoms. The van der Waals surface area contributed by atoms with Crippen LogP contribution in [0.15, 0.2) is 43.0 Å². The first-order chi connectivity index (χ1) is 9.19. The van der Waals surface area contributed by atoms with Crippen LogP contribution in [0.1, 0.15) is 6.92 Å². The van der Waals surface area contributed by atoms with Gasteiger partial charge in [0.15, 0.2) is 0 Å². The Balaban J connectivity index is 2.68. The van der Waals surface area contributed by atoms with Crippen LogP contribution >= 0.6 is 0 Å². The number of anilines is 1. The molecule has 0 aliphatic carbocycles. The van der Waals surface area contributed by atoms with Crippen molar-refractivity contribution in [3.63, 3.8) is 0 Å². The number of nitrogens with zero attached hydrogens (tertiary/aromatic N) is 1. The lowest BCUT2D eigenvalue weighted by atomic mass is 10.3. The minimum Gasteiger partial charge on any atom is -0.461 e. The zero-order valence-electron chi connectivity index (χ0n) is 10.9. The van der Waals surface area contributed by atoms with Crippen molar-refractivity contribution in [3.8, 4) is 0 Å². The van der Waals surface area contributed by atoms with Gasteiger partial charge in [-0.1, -0.05) is 24.8 Å². The number of hydrogen-bond donors (Lipinski definition) is 0. The molecule has 0 fully saturated rings. The molecular weight excluding hydrogens is 246 g/mol. The molecule has 1 aromatic carbocycles. The first kappa shape index (κ1) is 14.8. The van der Waals surface area contributed by atoms with E-state index in [-0.39, 0.29) is 19.8 Å². The number of para-hydroxylation sites is 1. The van der Waals surface area contributed by atoms with Gasteiger partial charge in [0.25, 0.3) is 0 Å². The maximum Gasteiger partial charge on any atom is 0.414 e. The predicted octanol–water partition coefficient (Wildman–Crippen LogP) is 2.38. The summed E-state index contributed by atoms with van der Waals surface area (Å²) in [5, 5.41) is 0. The maximum absolute atomic E-state index is 11.8. The van der Waals surface area contributed by atoms with E-state index in [1.807, 2.05) is 18.2 Å². The van der Waals surface area contributed by atoms with Crippen LogP contribution in [0.3, 0.4) is 0 Å². The van der Waals surface area contributed by atoms with Crippen molar-refractivity contribution in [1.29, 1.82) is 0 Å². The fourth-order valence-electron chi connectivity index (χ4n) is 1.43. The van der Waals surface area contributed by atoms with E-state index >= 15 is 0 Å². The molecule has 102 valence electrons. The molecule has 0 atom stereocenters. The van der Waals surface area contributed by atoms with Crippen LogP contribution in [0.2, 0.25) is 0 Å². The largest absolute Gasteiger partial charge is 0.461 e.